The molecule has 0 saturated carbocycles. The summed E-state index contributed by atoms with van der Waals surface area (Å²) in [6.45, 7) is 1.34. The van der Waals surface area contributed by atoms with Crippen molar-refractivity contribution in [2.75, 3.05) is 5.73 Å². The van der Waals surface area contributed by atoms with E-state index in [0.29, 0.717) is 18.4 Å². The summed E-state index contributed by atoms with van der Waals surface area (Å²) < 4.78 is 13.5. The lowest BCUT2D eigenvalue weighted by Gasteiger charge is -2.25. The van der Waals surface area contributed by atoms with Gasteiger partial charge in [-0.1, -0.05) is 0 Å². The Morgan fingerprint density at radius 3 is 2.88 bits per heavy atom. The van der Waals surface area contributed by atoms with Crippen molar-refractivity contribution in [3.63, 3.8) is 0 Å². The molecule has 3 N–H and O–H groups in total. The van der Waals surface area contributed by atoms with Crippen molar-refractivity contribution in [3.8, 4) is 0 Å². The summed E-state index contributed by atoms with van der Waals surface area (Å²) >= 11 is 0. The van der Waals surface area contributed by atoms with Crippen LogP contribution in [0.15, 0.2) is 12.1 Å². The van der Waals surface area contributed by atoms with Crippen LogP contribution in [0.1, 0.15) is 29.3 Å². The van der Waals surface area contributed by atoms with E-state index in [9.17, 15) is 14.0 Å². The predicted molar refractivity (Wildman–Crippen MR) is 61.1 cm³/mol. The van der Waals surface area contributed by atoms with E-state index in [2.05, 4.69) is 5.32 Å². The van der Waals surface area contributed by atoms with Crippen LogP contribution >= 0.6 is 0 Å². The molecule has 1 atom stereocenters. The van der Waals surface area contributed by atoms with Crippen molar-refractivity contribution in [1.29, 1.82) is 0 Å². The minimum Gasteiger partial charge on any atom is -0.398 e. The van der Waals surface area contributed by atoms with Gasteiger partial charge >= 0.3 is 0 Å². The van der Waals surface area contributed by atoms with Gasteiger partial charge in [-0.15, -0.1) is 0 Å². The molecule has 17 heavy (non-hydrogen) atoms. The molecular weight excluding hydrogens is 223 g/mol. The third-order valence-electron chi connectivity index (χ3n) is 2.91. The zero-order chi connectivity index (χ0) is 12.6. The molecule has 0 fully saturated rings. The lowest BCUT2D eigenvalue weighted by molar-refractivity contribution is -0.119. The first-order chi connectivity index (χ1) is 8.00. The van der Waals surface area contributed by atoms with Crippen LogP contribution in [0.2, 0.25) is 0 Å². The van der Waals surface area contributed by atoms with Gasteiger partial charge in [0.2, 0.25) is 5.91 Å². The Hall–Kier alpha value is -1.91. The summed E-state index contributed by atoms with van der Waals surface area (Å²) in [6.07, 6.45) is 0.814. The number of nitrogens with one attached hydrogen (secondary N) is 1. The molecule has 1 aliphatic rings. The number of halogens is 1. The third-order valence-corrected chi connectivity index (χ3v) is 2.91. The second-order valence-electron chi connectivity index (χ2n) is 4.15. The number of benzene rings is 1. The minimum atomic E-state index is -0.593. The number of nitrogen functional groups attached to an aromatic ring is 1. The molecule has 0 aliphatic heterocycles. The van der Waals surface area contributed by atoms with Crippen LogP contribution < -0.4 is 11.1 Å². The maximum absolute atomic E-state index is 13.5. The van der Waals surface area contributed by atoms with Gasteiger partial charge < -0.3 is 11.1 Å². The first-order valence-corrected chi connectivity index (χ1v) is 5.39. The summed E-state index contributed by atoms with van der Waals surface area (Å²) in [7, 11) is 0. The summed E-state index contributed by atoms with van der Waals surface area (Å²) in [5, 5.41) is 2.55. The lowest BCUT2D eigenvalue weighted by atomic mass is 9.85. The molecule has 1 aliphatic carbocycles. The predicted octanol–water partition coefficient (Wildman–Crippen LogP) is 1.04. The fraction of sp³-hybridized carbons (Fsp3) is 0.333. The van der Waals surface area contributed by atoms with Crippen LogP contribution in [0.5, 0.6) is 0 Å². The van der Waals surface area contributed by atoms with Gasteiger partial charge in [0.05, 0.1) is 6.04 Å². The van der Waals surface area contributed by atoms with Crippen molar-refractivity contribution >= 4 is 17.4 Å². The second-order valence-corrected chi connectivity index (χ2v) is 4.15. The number of carbonyl (C=O) groups excluding carboxylic acids is 2. The number of amides is 1. The van der Waals surface area contributed by atoms with Crippen LogP contribution in [0.3, 0.4) is 0 Å². The zero-order valence-electron chi connectivity index (χ0n) is 9.42. The molecule has 1 aromatic carbocycles. The number of ketones is 1. The number of nitrogens with two attached hydrogens (primary N) is 1. The molecule has 0 heterocycles. The molecule has 5 heteroatoms. The first-order valence-electron chi connectivity index (χ1n) is 5.39. The summed E-state index contributed by atoms with van der Waals surface area (Å²) in [5.41, 5.74) is 6.53. The van der Waals surface area contributed by atoms with Gasteiger partial charge in [0, 0.05) is 23.7 Å². The van der Waals surface area contributed by atoms with Gasteiger partial charge in [0.15, 0.2) is 5.78 Å². The Bertz CT molecular complexity index is 500. The zero-order valence-corrected chi connectivity index (χ0v) is 9.42. The standard InChI is InChI=1S/C12H13FN2O2/c1-6(16)15-10-5-2-7-8(13)3-4-9(14)11(7)12(10)17/h3-4,10H,2,5,14H2,1H3,(H,15,16). The van der Waals surface area contributed by atoms with Crippen LogP contribution in [0.4, 0.5) is 10.1 Å². The Morgan fingerprint density at radius 1 is 1.53 bits per heavy atom. The molecular formula is C12H13FN2O2. The van der Waals surface area contributed by atoms with Crippen molar-refractivity contribution in [3.05, 3.63) is 29.1 Å². The number of Topliss-reactive ketones (excluding diaryl/α,β-unsaturated/α-hetero) is 1. The number of carbonyl (C=O) groups is 2. The maximum atomic E-state index is 13.5. The number of anilines is 1. The number of rotatable bonds is 1. The van der Waals surface area contributed by atoms with Gasteiger partial charge in [-0.3, -0.25) is 9.59 Å². The van der Waals surface area contributed by atoms with Crippen molar-refractivity contribution in [1.82, 2.24) is 5.32 Å². The van der Waals surface area contributed by atoms with Crippen LogP contribution in [-0.4, -0.2) is 17.7 Å². The van der Waals surface area contributed by atoms with E-state index in [1.807, 2.05) is 0 Å². The van der Waals surface area contributed by atoms with E-state index in [4.69, 9.17) is 5.73 Å². The molecule has 1 aromatic rings. The second kappa shape index (κ2) is 4.16. The molecule has 90 valence electrons. The largest absolute Gasteiger partial charge is 0.398 e. The maximum Gasteiger partial charge on any atom is 0.217 e. The number of hydrogen-bond donors (Lipinski definition) is 2. The normalized spacial score (nSPS) is 18.7. The third kappa shape index (κ3) is 2.00. The molecule has 1 amide bonds. The molecule has 2 rings (SSSR count). The van der Waals surface area contributed by atoms with Gasteiger partial charge in [0.25, 0.3) is 0 Å². The molecule has 0 radical (unpaired) electrons. The molecule has 0 saturated heterocycles. The van der Waals surface area contributed by atoms with Crippen molar-refractivity contribution in [2.24, 2.45) is 0 Å². The lowest BCUT2D eigenvalue weighted by Crippen LogP contribution is -2.43. The number of hydrogen-bond acceptors (Lipinski definition) is 3. The minimum absolute atomic E-state index is 0.218. The van der Waals surface area contributed by atoms with Gasteiger partial charge in [-0.25, -0.2) is 4.39 Å². The first kappa shape index (κ1) is 11.6. The smallest absolute Gasteiger partial charge is 0.217 e. The summed E-state index contributed by atoms with van der Waals surface area (Å²) in [4.78, 5) is 23.0. The topological polar surface area (TPSA) is 72.2 Å². The highest BCUT2D eigenvalue weighted by molar-refractivity contribution is 6.07. The van der Waals surface area contributed by atoms with E-state index < -0.39 is 11.9 Å². The molecule has 0 spiro atoms. The van der Waals surface area contributed by atoms with E-state index >= 15 is 0 Å². The van der Waals surface area contributed by atoms with Crippen LogP contribution in [0.25, 0.3) is 0 Å². The molecule has 1 unspecified atom stereocenters. The van der Waals surface area contributed by atoms with E-state index in [1.54, 1.807) is 0 Å². The van der Waals surface area contributed by atoms with Crippen molar-refractivity contribution < 1.29 is 14.0 Å². The highest BCUT2D eigenvalue weighted by Gasteiger charge is 2.31. The summed E-state index contributed by atoms with van der Waals surface area (Å²) in [5.74, 6) is -0.996. The average Bonchev–Trinajstić information content (AvgIpc) is 2.26. The molecule has 0 bridgehead atoms. The highest BCUT2D eigenvalue weighted by Crippen LogP contribution is 2.28. The fourth-order valence-corrected chi connectivity index (χ4v) is 2.15. The fourth-order valence-electron chi connectivity index (χ4n) is 2.15. The van der Waals surface area contributed by atoms with Gasteiger partial charge in [-0.2, -0.15) is 0 Å². The van der Waals surface area contributed by atoms with Crippen molar-refractivity contribution in [2.45, 2.75) is 25.8 Å². The molecule has 0 aromatic heterocycles. The molecule has 4 nitrogen and oxygen atoms in total. The van der Waals surface area contributed by atoms with Crippen LogP contribution in [0, 0.1) is 5.82 Å². The van der Waals surface area contributed by atoms with E-state index in [1.165, 1.54) is 19.1 Å². The van der Waals surface area contributed by atoms with E-state index in [0.717, 1.165) is 0 Å². The number of fused-ring (bicyclic) bond motifs is 1. The van der Waals surface area contributed by atoms with Gasteiger partial charge in [-0.05, 0) is 25.0 Å². The Balaban J connectivity index is 2.41. The Kier molecular flexibility index (Phi) is 2.83. The SMILES string of the molecule is CC(=O)NC1CCc2c(F)ccc(N)c2C1=O. The quantitative estimate of drug-likeness (QED) is 0.716. The van der Waals surface area contributed by atoms with Gasteiger partial charge in [0.1, 0.15) is 5.82 Å². The Labute approximate surface area is 98.0 Å². The highest BCUT2D eigenvalue weighted by atomic mass is 19.1. The monoisotopic (exact) mass is 236 g/mol. The van der Waals surface area contributed by atoms with Crippen LogP contribution in [-0.2, 0) is 11.2 Å². The van der Waals surface area contributed by atoms with E-state index in [-0.39, 0.29) is 22.9 Å². The average molecular weight is 236 g/mol. The Morgan fingerprint density at radius 2 is 2.24 bits per heavy atom. The summed E-state index contributed by atoms with van der Waals surface area (Å²) in [6, 6.07) is 2.05.